The number of nitrogens with zero attached hydrogens (tertiary/aromatic N) is 2. The number of hydrogen-bond donors (Lipinski definition) is 0. The van der Waals surface area contributed by atoms with Gasteiger partial charge in [0.15, 0.2) is 0 Å². The number of anilines is 6. The van der Waals surface area contributed by atoms with Gasteiger partial charge in [-0.2, -0.15) is 0 Å². The second-order valence-corrected chi connectivity index (χ2v) is 15.3. The van der Waals surface area contributed by atoms with Crippen molar-refractivity contribution < 1.29 is 0 Å². The molecule has 2 nitrogen and oxygen atoms in total. The molecule has 0 aliphatic heterocycles. The lowest BCUT2D eigenvalue weighted by Gasteiger charge is -2.28. The maximum Gasteiger partial charge on any atom is 0.0468 e. The minimum atomic E-state index is 1.10. The van der Waals surface area contributed by atoms with Crippen molar-refractivity contribution in [1.29, 1.82) is 0 Å². The van der Waals surface area contributed by atoms with Crippen LogP contribution in [0.15, 0.2) is 243 Å². The average Bonchev–Trinajstić information content (AvgIpc) is 3.32. The van der Waals surface area contributed by atoms with Gasteiger partial charge in [0.05, 0.1) is 0 Å². The minimum Gasteiger partial charge on any atom is -0.310 e. The van der Waals surface area contributed by atoms with Crippen LogP contribution in [0.3, 0.4) is 0 Å². The van der Waals surface area contributed by atoms with E-state index in [4.69, 9.17) is 0 Å². The molecule has 0 saturated carbocycles. The molecule has 0 aliphatic carbocycles. The quantitative estimate of drug-likeness (QED) is 0.112. The molecule has 2 heteroatoms. The van der Waals surface area contributed by atoms with Gasteiger partial charge in [-0.3, -0.25) is 0 Å². The summed E-state index contributed by atoms with van der Waals surface area (Å²) in [5.74, 6) is 0. The largest absolute Gasteiger partial charge is 0.310 e. The summed E-state index contributed by atoms with van der Waals surface area (Å²) in [6.45, 7) is 0. The van der Waals surface area contributed by atoms with E-state index >= 15 is 0 Å². The summed E-state index contributed by atoms with van der Waals surface area (Å²) < 4.78 is 0. The van der Waals surface area contributed by atoms with E-state index in [1.807, 2.05) is 0 Å². The summed E-state index contributed by atoms with van der Waals surface area (Å²) in [4.78, 5) is 4.76. The van der Waals surface area contributed by atoms with Gasteiger partial charge >= 0.3 is 0 Å². The molecule has 0 aliphatic rings. The molecule has 0 fully saturated rings. The van der Waals surface area contributed by atoms with Gasteiger partial charge in [-0.15, -0.1) is 0 Å². The molecule has 60 heavy (non-hydrogen) atoms. The van der Waals surface area contributed by atoms with Gasteiger partial charge in [0.2, 0.25) is 0 Å². The maximum atomic E-state index is 2.41. The highest BCUT2D eigenvalue weighted by Gasteiger charge is 2.22. The SMILES string of the molecule is c1ccc(-c2c3ccc(N(c4ccccc4)c4ccc5ccc6ccccc6c5c4)cc3c(-c3ccccc3)c3ccc(N(c4ccccc4)c4ccccc4)cc23)cc1. The molecule has 0 unspecified atom stereocenters. The van der Waals surface area contributed by atoms with Crippen LogP contribution < -0.4 is 9.80 Å². The first-order valence-electron chi connectivity index (χ1n) is 20.6. The monoisotopic (exact) mass is 764 g/mol. The smallest absolute Gasteiger partial charge is 0.0468 e. The molecule has 0 saturated heterocycles. The molecular formula is C58H40N2. The van der Waals surface area contributed by atoms with Crippen molar-refractivity contribution in [2.75, 3.05) is 9.80 Å². The lowest BCUT2D eigenvalue weighted by atomic mass is 9.85. The van der Waals surface area contributed by atoms with E-state index in [0.29, 0.717) is 0 Å². The van der Waals surface area contributed by atoms with E-state index < -0.39 is 0 Å². The normalized spacial score (nSPS) is 11.3. The third kappa shape index (κ3) is 6.23. The first kappa shape index (κ1) is 35.2. The minimum absolute atomic E-state index is 1.10. The number of benzene rings is 11. The van der Waals surface area contributed by atoms with Crippen molar-refractivity contribution in [2.45, 2.75) is 0 Å². The Morgan fingerprint density at radius 1 is 0.200 bits per heavy atom. The predicted molar refractivity (Wildman–Crippen MR) is 257 cm³/mol. The van der Waals surface area contributed by atoms with Crippen LogP contribution in [0, 0.1) is 0 Å². The predicted octanol–water partition coefficient (Wildman–Crippen LogP) is 16.6. The van der Waals surface area contributed by atoms with Crippen LogP contribution in [0.25, 0.3) is 65.3 Å². The van der Waals surface area contributed by atoms with Crippen LogP contribution in [0.1, 0.15) is 0 Å². The third-order valence-electron chi connectivity index (χ3n) is 11.8. The van der Waals surface area contributed by atoms with Crippen molar-refractivity contribution in [2.24, 2.45) is 0 Å². The van der Waals surface area contributed by atoms with Crippen LogP contribution >= 0.6 is 0 Å². The van der Waals surface area contributed by atoms with Crippen molar-refractivity contribution in [3.05, 3.63) is 243 Å². The van der Waals surface area contributed by atoms with E-state index in [1.165, 1.54) is 65.3 Å². The van der Waals surface area contributed by atoms with E-state index in [0.717, 1.165) is 34.1 Å². The Morgan fingerprint density at radius 2 is 0.533 bits per heavy atom. The zero-order chi connectivity index (χ0) is 39.8. The van der Waals surface area contributed by atoms with Crippen molar-refractivity contribution >= 4 is 77.2 Å². The number of para-hydroxylation sites is 3. The van der Waals surface area contributed by atoms with Gasteiger partial charge in [-0.1, -0.05) is 170 Å². The van der Waals surface area contributed by atoms with Gasteiger partial charge in [0.25, 0.3) is 0 Å². The lowest BCUT2D eigenvalue weighted by Crippen LogP contribution is -2.10. The molecular weight excluding hydrogens is 725 g/mol. The number of hydrogen-bond acceptors (Lipinski definition) is 2. The van der Waals surface area contributed by atoms with Crippen LogP contribution in [-0.2, 0) is 0 Å². The fraction of sp³-hybridized carbons (Fsp3) is 0. The Morgan fingerprint density at radius 3 is 1.00 bits per heavy atom. The summed E-state index contributed by atoms with van der Waals surface area (Å²) in [5.41, 5.74) is 11.4. The van der Waals surface area contributed by atoms with Crippen molar-refractivity contribution in [3.8, 4) is 22.3 Å². The Labute approximate surface area is 350 Å². The molecule has 11 aromatic rings. The second kappa shape index (κ2) is 15.1. The summed E-state index contributed by atoms with van der Waals surface area (Å²) in [7, 11) is 0. The van der Waals surface area contributed by atoms with Crippen LogP contribution in [0.4, 0.5) is 34.1 Å². The molecule has 0 aromatic heterocycles. The zero-order valence-electron chi connectivity index (χ0n) is 33.0. The third-order valence-corrected chi connectivity index (χ3v) is 11.8. The number of rotatable bonds is 8. The van der Waals surface area contributed by atoms with Crippen molar-refractivity contribution in [3.63, 3.8) is 0 Å². The zero-order valence-corrected chi connectivity index (χ0v) is 33.0. The molecule has 282 valence electrons. The topological polar surface area (TPSA) is 6.48 Å². The number of fused-ring (bicyclic) bond motifs is 5. The highest BCUT2D eigenvalue weighted by molar-refractivity contribution is 6.22. The standard InChI is InChI=1S/C58H40N2/c1-6-19-43(20-7-1)57-53-37-35-50(60(47-27-14-5-15-28-47)48-33-32-42-31-30-41-18-16-17-29-51(41)54(42)38-48)40-56(53)58(44-21-8-2-9-22-44)52-36-34-49(39-55(52)57)59(45-23-10-3-11-24-45)46-25-12-4-13-26-46/h1-40H. The molecule has 0 spiro atoms. The fourth-order valence-electron chi connectivity index (χ4n) is 9.07. The first-order valence-corrected chi connectivity index (χ1v) is 20.6. The first-order chi connectivity index (χ1) is 29.8. The summed E-state index contributed by atoms with van der Waals surface area (Å²) in [5, 5.41) is 9.79. The van der Waals surface area contributed by atoms with Gasteiger partial charge in [0, 0.05) is 34.1 Å². The highest BCUT2D eigenvalue weighted by atomic mass is 15.1. The molecule has 0 atom stereocenters. The molecule has 11 aromatic carbocycles. The molecule has 0 radical (unpaired) electrons. The molecule has 0 bridgehead atoms. The van der Waals surface area contributed by atoms with Crippen molar-refractivity contribution in [1.82, 2.24) is 0 Å². The molecule has 11 rings (SSSR count). The van der Waals surface area contributed by atoms with Gasteiger partial charge in [0.1, 0.15) is 0 Å². The van der Waals surface area contributed by atoms with E-state index in [-0.39, 0.29) is 0 Å². The Balaban J connectivity index is 1.20. The van der Waals surface area contributed by atoms with Crippen LogP contribution in [0.2, 0.25) is 0 Å². The Bertz CT molecular complexity index is 3250. The second-order valence-electron chi connectivity index (χ2n) is 15.3. The Hall–Kier alpha value is -7.94. The van der Waals surface area contributed by atoms with Crippen LogP contribution in [-0.4, -0.2) is 0 Å². The van der Waals surface area contributed by atoms with Gasteiger partial charge in [-0.05, 0) is 138 Å². The molecule has 0 amide bonds. The van der Waals surface area contributed by atoms with E-state index in [9.17, 15) is 0 Å². The van der Waals surface area contributed by atoms with Gasteiger partial charge < -0.3 is 9.80 Å². The van der Waals surface area contributed by atoms with E-state index in [2.05, 4.69) is 252 Å². The summed E-state index contributed by atoms with van der Waals surface area (Å²) >= 11 is 0. The molecule has 0 heterocycles. The lowest BCUT2D eigenvalue weighted by molar-refractivity contribution is 1.29. The summed E-state index contributed by atoms with van der Waals surface area (Å²) in [6.07, 6.45) is 0. The molecule has 0 N–H and O–H groups in total. The highest BCUT2D eigenvalue weighted by Crippen LogP contribution is 2.48. The fourth-order valence-corrected chi connectivity index (χ4v) is 9.07. The Kier molecular flexibility index (Phi) is 8.87. The van der Waals surface area contributed by atoms with Gasteiger partial charge in [-0.25, -0.2) is 0 Å². The average molecular weight is 765 g/mol. The maximum absolute atomic E-state index is 2.41. The van der Waals surface area contributed by atoms with Crippen LogP contribution in [0.5, 0.6) is 0 Å². The summed E-state index contributed by atoms with van der Waals surface area (Å²) in [6, 6.07) is 88.0. The van der Waals surface area contributed by atoms with E-state index in [1.54, 1.807) is 0 Å².